The van der Waals surface area contributed by atoms with Crippen LogP contribution in [-0.2, 0) is 0 Å². The molecule has 0 aromatic carbocycles. The highest BCUT2D eigenvalue weighted by molar-refractivity contribution is 5.16. The van der Waals surface area contributed by atoms with Crippen molar-refractivity contribution in [3.63, 3.8) is 0 Å². The van der Waals surface area contributed by atoms with Crippen LogP contribution in [0.1, 0.15) is 25.0 Å². The zero-order valence-corrected chi connectivity index (χ0v) is 7.85. The number of rotatable bonds is 4. The maximum atomic E-state index is 9.66. The molecule has 0 fully saturated rings. The van der Waals surface area contributed by atoms with Crippen molar-refractivity contribution in [1.29, 1.82) is 0 Å². The molecule has 0 saturated carbocycles. The zero-order valence-electron chi connectivity index (χ0n) is 7.85. The standard InChI is InChI=1S/C11H15NO/c1-3-9(11(13)4-2)10-7-5-6-8-12-10/h3,5-9,11,13H,1,4H2,2H3. The predicted octanol–water partition coefficient (Wildman–Crippen LogP) is 2.12. The fourth-order valence-corrected chi connectivity index (χ4v) is 1.30. The third-order valence-corrected chi connectivity index (χ3v) is 2.12. The summed E-state index contributed by atoms with van der Waals surface area (Å²) in [6.45, 7) is 5.65. The lowest BCUT2D eigenvalue weighted by Gasteiger charge is -2.16. The molecule has 1 aromatic rings. The Morgan fingerprint density at radius 3 is 2.85 bits per heavy atom. The van der Waals surface area contributed by atoms with Crippen LogP contribution >= 0.6 is 0 Å². The monoisotopic (exact) mass is 177 g/mol. The van der Waals surface area contributed by atoms with Crippen LogP contribution in [0.3, 0.4) is 0 Å². The molecule has 1 heterocycles. The zero-order chi connectivity index (χ0) is 9.68. The van der Waals surface area contributed by atoms with Crippen molar-refractivity contribution in [3.05, 3.63) is 42.7 Å². The lowest BCUT2D eigenvalue weighted by molar-refractivity contribution is 0.153. The minimum Gasteiger partial charge on any atom is -0.392 e. The van der Waals surface area contributed by atoms with Gasteiger partial charge in [0.15, 0.2) is 0 Å². The van der Waals surface area contributed by atoms with Gasteiger partial charge in [0.2, 0.25) is 0 Å². The molecule has 0 spiro atoms. The van der Waals surface area contributed by atoms with E-state index in [0.29, 0.717) is 6.42 Å². The average Bonchev–Trinajstić information content (AvgIpc) is 2.20. The maximum absolute atomic E-state index is 9.66. The summed E-state index contributed by atoms with van der Waals surface area (Å²) in [5, 5.41) is 9.66. The normalized spacial score (nSPS) is 14.9. The SMILES string of the molecule is C=CC(c1ccccn1)C(O)CC. The lowest BCUT2D eigenvalue weighted by atomic mass is 9.96. The van der Waals surface area contributed by atoms with Crippen molar-refractivity contribution < 1.29 is 5.11 Å². The Balaban J connectivity index is 2.84. The van der Waals surface area contributed by atoms with E-state index in [4.69, 9.17) is 0 Å². The molecule has 13 heavy (non-hydrogen) atoms. The van der Waals surface area contributed by atoms with Crippen LogP contribution in [0.5, 0.6) is 0 Å². The smallest absolute Gasteiger partial charge is 0.0655 e. The first-order chi connectivity index (χ1) is 6.29. The summed E-state index contributed by atoms with van der Waals surface area (Å²) in [5.74, 6) is -0.0498. The Morgan fingerprint density at radius 1 is 1.62 bits per heavy atom. The molecule has 1 rings (SSSR count). The molecule has 0 amide bonds. The second-order valence-corrected chi connectivity index (χ2v) is 2.99. The summed E-state index contributed by atoms with van der Waals surface area (Å²) in [4.78, 5) is 4.19. The third kappa shape index (κ3) is 2.39. The van der Waals surface area contributed by atoms with E-state index in [2.05, 4.69) is 11.6 Å². The molecule has 2 nitrogen and oxygen atoms in total. The minimum atomic E-state index is -0.382. The van der Waals surface area contributed by atoms with E-state index in [1.165, 1.54) is 0 Å². The molecule has 0 bridgehead atoms. The minimum absolute atomic E-state index is 0.0498. The van der Waals surface area contributed by atoms with Gasteiger partial charge >= 0.3 is 0 Å². The number of aliphatic hydroxyl groups is 1. The van der Waals surface area contributed by atoms with E-state index in [1.54, 1.807) is 12.3 Å². The topological polar surface area (TPSA) is 33.1 Å². The first kappa shape index (κ1) is 9.93. The molecular formula is C11H15NO. The summed E-state index contributed by atoms with van der Waals surface area (Å²) in [5.41, 5.74) is 0.881. The fraction of sp³-hybridized carbons (Fsp3) is 0.364. The van der Waals surface area contributed by atoms with Crippen molar-refractivity contribution in [2.75, 3.05) is 0 Å². The lowest BCUT2D eigenvalue weighted by Crippen LogP contribution is -2.16. The molecule has 0 aliphatic rings. The van der Waals surface area contributed by atoms with Crippen LogP contribution in [-0.4, -0.2) is 16.2 Å². The van der Waals surface area contributed by atoms with Gasteiger partial charge in [0.1, 0.15) is 0 Å². The van der Waals surface area contributed by atoms with E-state index in [1.807, 2.05) is 25.1 Å². The molecule has 0 aliphatic heterocycles. The molecule has 1 N–H and O–H groups in total. The van der Waals surface area contributed by atoms with Crippen LogP contribution in [0.15, 0.2) is 37.1 Å². The Kier molecular flexibility index (Phi) is 3.65. The Labute approximate surface area is 78.9 Å². The van der Waals surface area contributed by atoms with Gasteiger partial charge in [-0.15, -0.1) is 6.58 Å². The molecular weight excluding hydrogens is 162 g/mol. The molecule has 0 radical (unpaired) electrons. The van der Waals surface area contributed by atoms with Crippen molar-refractivity contribution >= 4 is 0 Å². The number of aliphatic hydroxyl groups excluding tert-OH is 1. The molecule has 70 valence electrons. The molecule has 2 unspecified atom stereocenters. The van der Waals surface area contributed by atoms with Gasteiger partial charge < -0.3 is 5.11 Å². The van der Waals surface area contributed by atoms with Gasteiger partial charge in [0.25, 0.3) is 0 Å². The largest absolute Gasteiger partial charge is 0.392 e. The van der Waals surface area contributed by atoms with Gasteiger partial charge in [-0.2, -0.15) is 0 Å². The fourth-order valence-electron chi connectivity index (χ4n) is 1.30. The van der Waals surface area contributed by atoms with Gasteiger partial charge in [-0.3, -0.25) is 4.98 Å². The van der Waals surface area contributed by atoms with Crippen LogP contribution in [0.25, 0.3) is 0 Å². The van der Waals surface area contributed by atoms with Gasteiger partial charge in [-0.1, -0.05) is 19.1 Å². The van der Waals surface area contributed by atoms with Crippen molar-refractivity contribution in [2.45, 2.75) is 25.4 Å². The van der Waals surface area contributed by atoms with Gasteiger partial charge in [0, 0.05) is 17.8 Å². The van der Waals surface area contributed by atoms with Crippen molar-refractivity contribution in [2.24, 2.45) is 0 Å². The quantitative estimate of drug-likeness (QED) is 0.715. The Bertz CT molecular complexity index is 258. The molecule has 1 aromatic heterocycles. The van der Waals surface area contributed by atoms with Crippen LogP contribution < -0.4 is 0 Å². The second kappa shape index (κ2) is 4.77. The summed E-state index contributed by atoms with van der Waals surface area (Å²) in [6, 6.07) is 5.69. The van der Waals surface area contributed by atoms with Crippen molar-refractivity contribution in [3.8, 4) is 0 Å². The molecule has 2 heteroatoms. The highest BCUT2D eigenvalue weighted by Gasteiger charge is 2.16. The van der Waals surface area contributed by atoms with E-state index in [0.717, 1.165) is 5.69 Å². The van der Waals surface area contributed by atoms with Crippen LogP contribution in [0, 0.1) is 0 Å². The third-order valence-electron chi connectivity index (χ3n) is 2.12. The highest BCUT2D eigenvalue weighted by Crippen LogP contribution is 2.20. The van der Waals surface area contributed by atoms with Crippen LogP contribution in [0.4, 0.5) is 0 Å². The number of hydrogen-bond donors (Lipinski definition) is 1. The van der Waals surface area contributed by atoms with Gasteiger partial charge in [0.05, 0.1) is 6.10 Å². The predicted molar refractivity (Wildman–Crippen MR) is 53.5 cm³/mol. The summed E-state index contributed by atoms with van der Waals surface area (Å²) >= 11 is 0. The number of pyridine rings is 1. The summed E-state index contributed by atoms with van der Waals surface area (Å²) in [7, 11) is 0. The summed E-state index contributed by atoms with van der Waals surface area (Å²) < 4.78 is 0. The highest BCUT2D eigenvalue weighted by atomic mass is 16.3. The van der Waals surface area contributed by atoms with E-state index in [-0.39, 0.29) is 12.0 Å². The first-order valence-corrected chi connectivity index (χ1v) is 4.51. The van der Waals surface area contributed by atoms with E-state index < -0.39 is 0 Å². The van der Waals surface area contributed by atoms with E-state index in [9.17, 15) is 5.11 Å². The van der Waals surface area contributed by atoms with Crippen LogP contribution in [0.2, 0.25) is 0 Å². The molecule has 0 saturated heterocycles. The number of hydrogen-bond acceptors (Lipinski definition) is 2. The van der Waals surface area contributed by atoms with Crippen molar-refractivity contribution in [1.82, 2.24) is 4.98 Å². The second-order valence-electron chi connectivity index (χ2n) is 2.99. The Morgan fingerprint density at radius 2 is 2.38 bits per heavy atom. The Hall–Kier alpha value is -1.15. The average molecular weight is 177 g/mol. The molecule has 0 aliphatic carbocycles. The number of aromatic nitrogens is 1. The summed E-state index contributed by atoms with van der Waals surface area (Å²) in [6.07, 6.45) is 3.81. The maximum Gasteiger partial charge on any atom is 0.0655 e. The molecule has 2 atom stereocenters. The van der Waals surface area contributed by atoms with Gasteiger partial charge in [-0.25, -0.2) is 0 Å². The van der Waals surface area contributed by atoms with Gasteiger partial charge in [-0.05, 0) is 18.6 Å². The first-order valence-electron chi connectivity index (χ1n) is 4.51. The van der Waals surface area contributed by atoms with E-state index >= 15 is 0 Å². The number of nitrogens with zero attached hydrogens (tertiary/aromatic N) is 1.